The lowest BCUT2D eigenvalue weighted by Gasteiger charge is -2.10. The number of carbonyl (C=O) groups excluding carboxylic acids is 2. The van der Waals surface area contributed by atoms with Gasteiger partial charge in [-0.3, -0.25) is 20.4 Å². The summed E-state index contributed by atoms with van der Waals surface area (Å²) >= 11 is 0. The maximum absolute atomic E-state index is 11.9. The van der Waals surface area contributed by atoms with Crippen LogP contribution < -0.4 is 15.6 Å². The predicted octanol–water partition coefficient (Wildman–Crippen LogP) is 2.82. The first kappa shape index (κ1) is 16.3. The number of hydrogen-bond donors (Lipinski definition) is 2. The van der Waals surface area contributed by atoms with Gasteiger partial charge in [0, 0.05) is 12.0 Å². The van der Waals surface area contributed by atoms with Crippen LogP contribution in [0.15, 0.2) is 24.3 Å². The van der Waals surface area contributed by atoms with Crippen LogP contribution in [0.4, 0.5) is 0 Å². The van der Waals surface area contributed by atoms with E-state index in [2.05, 4.69) is 10.9 Å². The molecule has 2 N–H and O–H groups in total. The Bertz CT molecular complexity index is 493. The van der Waals surface area contributed by atoms with E-state index in [9.17, 15) is 9.59 Å². The highest BCUT2D eigenvalue weighted by atomic mass is 16.5. The molecule has 0 bridgehead atoms. The molecule has 1 saturated carbocycles. The van der Waals surface area contributed by atoms with Crippen molar-refractivity contribution in [1.82, 2.24) is 10.9 Å². The van der Waals surface area contributed by atoms with Crippen LogP contribution >= 0.6 is 0 Å². The molecule has 0 aromatic heterocycles. The molecule has 5 heteroatoms. The Morgan fingerprint density at radius 3 is 2.45 bits per heavy atom. The van der Waals surface area contributed by atoms with Crippen LogP contribution in [0.2, 0.25) is 0 Å². The molecule has 0 radical (unpaired) electrons. The predicted molar refractivity (Wildman–Crippen MR) is 84.4 cm³/mol. The van der Waals surface area contributed by atoms with E-state index in [0.717, 1.165) is 12.2 Å². The lowest BCUT2D eigenvalue weighted by molar-refractivity contribution is -0.122. The van der Waals surface area contributed by atoms with Crippen LogP contribution in [-0.4, -0.2) is 18.4 Å². The van der Waals surface area contributed by atoms with Crippen molar-refractivity contribution < 1.29 is 14.3 Å². The van der Waals surface area contributed by atoms with E-state index in [4.69, 9.17) is 4.74 Å². The third-order valence-electron chi connectivity index (χ3n) is 4.00. The highest BCUT2D eigenvalue weighted by Crippen LogP contribution is 2.28. The Labute approximate surface area is 131 Å². The van der Waals surface area contributed by atoms with E-state index in [0.29, 0.717) is 24.5 Å². The fourth-order valence-corrected chi connectivity index (χ4v) is 2.76. The smallest absolute Gasteiger partial charge is 0.269 e. The lowest BCUT2D eigenvalue weighted by atomic mass is 10.0. The van der Waals surface area contributed by atoms with Crippen molar-refractivity contribution in [3.05, 3.63) is 29.8 Å². The maximum Gasteiger partial charge on any atom is 0.269 e. The number of hydrogen-bond acceptors (Lipinski definition) is 3. The van der Waals surface area contributed by atoms with Gasteiger partial charge in [-0.25, -0.2) is 0 Å². The summed E-state index contributed by atoms with van der Waals surface area (Å²) in [6.45, 7) is 2.49. The van der Waals surface area contributed by atoms with Crippen LogP contribution in [-0.2, 0) is 4.79 Å². The van der Waals surface area contributed by atoms with Crippen LogP contribution in [0.3, 0.4) is 0 Å². The van der Waals surface area contributed by atoms with Crippen molar-refractivity contribution in [3.63, 3.8) is 0 Å². The molecule has 0 atom stereocenters. The molecule has 2 amide bonds. The molecule has 0 unspecified atom stereocenters. The quantitative estimate of drug-likeness (QED) is 0.794. The molecule has 0 aliphatic heterocycles. The summed E-state index contributed by atoms with van der Waals surface area (Å²) in [6, 6.07) is 6.82. The molecule has 0 spiro atoms. The van der Waals surface area contributed by atoms with Crippen molar-refractivity contribution in [2.45, 2.75) is 45.4 Å². The number of nitrogens with one attached hydrogen (secondary N) is 2. The fourth-order valence-electron chi connectivity index (χ4n) is 2.76. The largest absolute Gasteiger partial charge is 0.494 e. The number of hydrazine groups is 1. The lowest BCUT2D eigenvalue weighted by Crippen LogP contribution is -2.41. The second-order valence-electron chi connectivity index (χ2n) is 5.65. The van der Waals surface area contributed by atoms with Gasteiger partial charge >= 0.3 is 0 Å². The summed E-state index contributed by atoms with van der Waals surface area (Å²) in [6.07, 6.45) is 6.39. The first-order valence-electron chi connectivity index (χ1n) is 8.01. The Kier molecular flexibility index (Phi) is 6.25. The van der Waals surface area contributed by atoms with Crippen LogP contribution in [0, 0.1) is 5.92 Å². The van der Waals surface area contributed by atoms with Crippen LogP contribution in [0.25, 0.3) is 0 Å². The monoisotopic (exact) mass is 304 g/mol. The SMILES string of the molecule is CCOc1ccc(C(=O)NNC(=O)CCC2CCCC2)cc1. The Morgan fingerprint density at radius 1 is 1.14 bits per heavy atom. The van der Waals surface area contributed by atoms with Gasteiger partial charge in [-0.05, 0) is 43.5 Å². The number of rotatable bonds is 6. The third kappa shape index (κ3) is 5.06. The molecule has 0 heterocycles. The van der Waals surface area contributed by atoms with E-state index >= 15 is 0 Å². The van der Waals surface area contributed by atoms with Gasteiger partial charge in [0.1, 0.15) is 5.75 Å². The van der Waals surface area contributed by atoms with E-state index in [1.807, 2.05) is 6.92 Å². The van der Waals surface area contributed by atoms with Gasteiger partial charge in [0.15, 0.2) is 0 Å². The third-order valence-corrected chi connectivity index (χ3v) is 4.00. The van der Waals surface area contributed by atoms with Gasteiger partial charge < -0.3 is 4.74 Å². The molecule has 120 valence electrons. The van der Waals surface area contributed by atoms with Crippen molar-refractivity contribution in [2.75, 3.05) is 6.61 Å². The Hall–Kier alpha value is -2.04. The van der Waals surface area contributed by atoms with E-state index in [1.165, 1.54) is 25.7 Å². The zero-order chi connectivity index (χ0) is 15.8. The van der Waals surface area contributed by atoms with Gasteiger partial charge in [-0.1, -0.05) is 25.7 Å². The number of ether oxygens (including phenoxy) is 1. The van der Waals surface area contributed by atoms with Crippen molar-refractivity contribution >= 4 is 11.8 Å². The molecular formula is C17H24N2O3. The molecule has 1 aliphatic rings. The highest BCUT2D eigenvalue weighted by molar-refractivity contribution is 5.95. The van der Waals surface area contributed by atoms with E-state index in [1.54, 1.807) is 24.3 Å². The molecule has 0 saturated heterocycles. The summed E-state index contributed by atoms with van der Waals surface area (Å²) < 4.78 is 5.32. The maximum atomic E-state index is 11.9. The minimum Gasteiger partial charge on any atom is -0.494 e. The Balaban J connectivity index is 1.70. The molecule has 1 fully saturated rings. The van der Waals surface area contributed by atoms with Crippen molar-refractivity contribution in [2.24, 2.45) is 5.92 Å². The van der Waals surface area contributed by atoms with Gasteiger partial charge in [0.2, 0.25) is 5.91 Å². The zero-order valence-electron chi connectivity index (χ0n) is 13.1. The summed E-state index contributed by atoms with van der Waals surface area (Å²) in [5.41, 5.74) is 5.41. The van der Waals surface area contributed by atoms with Gasteiger partial charge in [-0.15, -0.1) is 0 Å². The van der Waals surface area contributed by atoms with Crippen molar-refractivity contribution in [3.8, 4) is 5.75 Å². The molecule has 5 nitrogen and oxygen atoms in total. The normalized spacial score (nSPS) is 14.6. The molecule has 2 rings (SSSR count). The molecule has 1 aliphatic carbocycles. The van der Waals surface area contributed by atoms with Crippen LogP contribution in [0.1, 0.15) is 55.8 Å². The van der Waals surface area contributed by atoms with E-state index in [-0.39, 0.29) is 11.8 Å². The van der Waals surface area contributed by atoms with Gasteiger partial charge in [-0.2, -0.15) is 0 Å². The van der Waals surface area contributed by atoms with Crippen molar-refractivity contribution in [1.29, 1.82) is 0 Å². The molecular weight excluding hydrogens is 280 g/mol. The first-order valence-corrected chi connectivity index (χ1v) is 8.01. The second-order valence-corrected chi connectivity index (χ2v) is 5.65. The topological polar surface area (TPSA) is 67.4 Å². The van der Waals surface area contributed by atoms with Gasteiger partial charge in [0.05, 0.1) is 6.61 Å². The molecule has 22 heavy (non-hydrogen) atoms. The zero-order valence-corrected chi connectivity index (χ0v) is 13.1. The minimum absolute atomic E-state index is 0.133. The standard InChI is InChI=1S/C17H24N2O3/c1-2-22-15-10-8-14(9-11-15)17(21)19-18-16(20)12-7-13-5-3-4-6-13/h8-11,13H,2-7,12H2,1H3,(H,18,20)(H,19,21). The number of carbonyl (C=O) groups is 2. The highest BCUT2D eigenvalue weighted by Gasteiger charge is 2.16. The van der Waals surface area contributed by atoms with Crippen LogP contribution in [0.5, 0.6) is 5.75 Å². The summed E-state index contributed by atoms with van der Waals surface area (Å²) in [7, 11) is 0. The second kappa shape index (κ2) is 8.41. The average Bonchev–Trinajstić information content (AvgIpc) is 3.05. The number of amides is 2. The van der Waals surface area contributed by atoms with E-state index < -0.39 is 0 Å². The first-order chi connectivity index (χ1) is 10.7. The molecule has 1 aromatic rings. The Morgan fingerprint density at radius 2 is 1.82 bits per heavy atom. The average molecular weight is 304 g/mol. The number of benzene rings is 1. The molecule has 1 aromatic carbocycles. The summed E-state index contributed by atoms with van der Waals surface area (Å²) in [5.74, 6) is 0.940. The minimum atomic E-state index is -0.322. The summed E-state index contributed by atoms with van der Waals surface area (Å²) in [4.78, 5) is 23.6. The fraction of sp³-hybridized carbons (Fsp3) is 0.529. The summed E-state index contributed by atoms with van der Waals surface area (Å²) in [5, 5.41) is 0. The van der Waals surface area contributed by atoms with Gasteiger partial charge in [0.25, 0.3) is 5.91 Å².